The summed E-state index contributed by atoms with van der Waals surface area (Å²) in [5.74, 6) is 1.84. The van der Waals surface area contributed by atoms with Gasteiger partial charge in [0, 0.05) is 33.0 Å². The third-order valence-electron chi connectivity index (χ3n) is 10.3. The molecule has 250 valence electrons. The molecule has 4 heteroatoms. The van der Waals surface area contributed by atoms with Crippen LogP contribution in [0.25, 0.3) is 94.7 Å². The molecule has 0 aliphatic heterocycles. The topological polar surface area (TPSA) is 51.8 Å². The molecule has 0 amide bonds. The van der Waals surface area contributed by atoms with E-state index in [1.807, 2.05) is 36.4 Å². The Bertz CT molecular complexity index is 2870. The lowest BCUT2D eigenvalue weighted by molar-refractivity contribution is 0.670. The fourth-order valence-electron chi connectivity index (χ4n) is 7.65. The maximum absolute atomic E-state index is 6.70. The van der Waals surface area contributed by atoms with Gasteiger partial charge >= 0.3 is 0 Å². The van der Waals surface area contributed by atoms with Gasteiger partial charge in [-0.2, -0.15) is 0 Å². The fraction of sp³-hybridized carbons (Fsp3) is 0.0408. The van der Waals surface area contributed by atoms with E-state index in [-0.39, 0.29) is 0 Å². The summed E-state index contributed by atoms with van der Waals surface area (Å²) in [6.07, 6.45) is 8.73. The zero-order chi connectivity index (χ0) is 35.1. The predicted octanol–water partition coefficient (Wildman–Crippen LogP) is 13.0. The second-order valence-corrected chi connectivity index (χ2v) is 13.4. The zero-order valence-electron chi connectivity index (χ0n) is 28.9. The van der Waals surface area contributed by atoms with Gasteiger partial charge in [-0.25, -0.2) is 15.0 Å². The molecule has 2 heterocycles. The summed E-state index contributed by atoms with van der Waals surface area (Å²) in [5, 5.41) is 4.25. The van der Waals surface area contributed by atoms with Crippen LogP contribution in [0.2, 0.25) is 0 Å². The van der Waals surface area contributed by atoms with E-state index in [0.29, 0.717) is 17.5 Å². The van der Waals surface area contributed by atoms with Crippen LogP contribution >= 0.6 is 0 Å². The Labute approximate surface area is 307 Å². The van der Waals surface area contributed by atoms with Gasteiger partial charge in [0.25, 0.3) is 0 Å². The Morgan fingerprint density at radius 1 is 0.415 bits per heavy atom. The van der Waals surface area contributed by atoms with Crippen molar-refractivity contribution in [2.45, 2.75) is 12.8 Å². The van der Waals surface area contributed by atoms with E-state index in [9.17, 15) is 0 Å². The Morgan fingerprint density at radius 3 is 1.70 bits per heavy atom. The number of furan rings is 1. The van der Waals surface area contributed by atoms with Crippen LogP contribution in [0.1, 0.15) is 18.4 Å². The van der Waals surface area contributed by atoms with Crippen molar-refractivity contribution in [1.82, 2.24) is 15.0 Å². The minimum absolute atomic E-state index is 0.598. The van der Waals surface area contributed by atoms with Crippen molar-refractivity contribution < 1.29 is 4.42 Å². The van der Waals surface area contributed by atoms with Crippen LogP contribution in [0, 0.1) is 0 Å². The fourth-order valence-corrected chi connectivity index (χ4v) is 7.65. The third kappa shape index (κ3) is 5.53. The summed E-state index contributed by atoms with van der Waals surface area (Å²) in [6.45, 7) is 0. The molecule has 10 rings (SSSR count). The smallest absolute Gasteiger partial charge is 0.164 e. The van der Waals surface area contributed by atoms with E-state index >= 15 is 0 Å². The molecular weight excluding hydrogens is 647 g/mol. The van der Waals surface area contributed by atoms with Gasteiger partial charge in [0.15, 0.2) is 17.5 Å². The molecule has 4 nitrogen and oxygen atoms in total. The van der Waals surface area contributed by atoms with Crippen LogP contribution in [0.15, 0.2) is 180 Å². The first-order chi connectivity index (χ1) is 26.3. The molecule has 0 fully saturated rings. The summed E-state index contributed by atoms with van der Waals surface area (Å²) >= 11 is 0. The molecule has 0 atom stereocenters. The van der Waals surface area contributed by atoms with Crippen molar-refractivity contribution in [1.29, 1.82) is 0 Å². The van der Waals surface area contributed by atoms with Crippen LogP contribution < -0.4 is 0 Å². The number of para-hydroxylation sites is 1. The summed E-state index contributed by atoms with van der Waals surface area (Å²) in [5.41, 5.74) is 11.5. The highest BCUT2D eigenvalue weighted by molar-refractivity contribution is 6.16. The highest BCUT2D eigenvalue weighted by Gasteiger charge is 2.21. The van der Waals surface area contributed by atoms with Gasteiger partial charge in [0.1, 0.15) is 11.2 Å². The first-order valence-electron chi connectivity index (χ1n) is 18.1. The molecule has 0 N–H and O–H groups in total. The van der Waals surface area contributed by atoms with Gasteiger partial charge in [0.05, 0.1) is 0 Å². The average molecular weight is 680 g/mol. The Balaban J connectivity index is 1.18. The number of rotatable bonds is 6. The lowest BCUT2D eigenvalue weighted by Gasteiger charge is -2.14. The van der Waals surface area contributed by atoms with Crippen LogP contribution in [-0.4, -0.2) is 15.0 Å². The molecule has 1 aliphatic carbocycles. The number of allylic oxidation sites excluding steroid dienone is 4. The highest BCUT2D eigenvalue weighted by atomic mass is 16.3. The number of nitrogens with zero attached hydrogens (tertiary/aromatic N) is 3. The summed E-state index contributed by atoms with van der Waals surface area (Å²) in [4.78, 5) is 15.6. The number of benzene rings is 7. The summed E-state index contributed by atoms with van der Waals surface area (Å²) in [7, 11) is 0. The lowest BCUT2D eigenvalue weighted by Crippen LogP contribution is -2.01. The highest BCUT2D eigenvalue weighted by Crippen LogP contribution is 2.42. The van der Waals surface area contributed by atoms with Gasteiger partial charge in [-0.3, -0.25) is 0 Å². The Hall–Kier alpha value is -6.91. The first kappa shape index (κ1) is 30.9. The normalized spacial score (nSPS) is 12.8. The Kier molecular flexibility index (Phi) is 7.58. The second kappa shape index (κ2) is 13.0. The monoisotopic (exact) mass is 679 g/mol. The zero-order valence-corrected chi connectivity index (χ0v) is 28.9. The minimum Gasteiger partial charge on any atom is -0.455 e. The van der Waals surface area contributed by atoms with Gasteiger partial charge in [-0.1, -0.05) is 152 Å². The molecule has 0 bridgehead atoms. The summed E-state index contributed by atoms with van der Waals surface area (Å²) < 4.78 is 6.70. The molecule has 2 aromatic heterocycles. The van der Waals surface area contributed by atoms with Crippen molar-refractivity contribution in [2.75, 3.05) is 0 Å². The van der Waals surface area contributed by atoms with Gasteiger partial charge in [-0.05, 0) is 75.7 Å². The van der Waals surface area contributed by atoms with E-state index in [1.54, 1.807) is 0 Å². The van der Waals surface area contributed by atoms with Gasteiger partial charge in [0.2, 0.25) is 0 Å². The minimum atomic E-state index is 0.598. The quantitative estimate of drug-likeness (QED) is 0.175. The Morgan fingerprint density at radius 2 is 0.962 bits per heavy atom. The largest absolute Gasteiger partial charge is 0.455 e. The maximum Gasteiger partial charge on any atom is 0.164 e. The standard InChI is InChI=1S/C49H33N3O/c1-4-14-32(15-5-1)33-24-26-35(27-25-33)38-29-31-43(45-42-22-12-13-23-44(42)53-46(38)45)49-51-47(36-18-8-3-9-19-36)50-48(52-49)41-30-28-37(34-16-6-2-7-17-34)39-20-10-11-21-40(39)41/h1-4,6-14,16-31H,5,15H2. The molecule has 0 saturated heterocycles. The molecule has 0 unspecified atom stereocenters. The lowest BCUT2D eigenvalue weighted by atomic mass is 9.94. The van der Waals surface area contributed by atoms with Crippen molar-refractivity contribution >= 4 is 38.3 Å². The first-order valence-corrected chi connectivity index (χ1v) is 18.1. The van der Waals surface area contributed by atoms with Crippen molar-refractivity contribution in [3.63, 3.8) is 0 Å². The number of fused-ring (bicyclic) bond motifs is 4. The third-order valence-corrected chi connectivity index (χ3v) is 10.3. The SMILES string of the molecule is C1=CCCC(c2ccc(-c3ccc(-c4nc(-c5ccccc5)nc(-c5ccc(-c6ccccc6)c6ccccc56)n4)c4c3oc3ccccc34)cc2)=C1. The summed E-state index contributed by atoms with van der Waals surface area (Å²) in [6, 6.07) is 54.9. The molecule has 0 saturated carbocycles. The number of hydrogen-bond acceptors (Lipinski definition) is 4. The van der Waals surface area contributed by atoms with Crippen LogP contribution in [0.3, 0.4) is 0 Å². The molecule has 53 heavy (non-hydrogen) atoms. The van der Waals surface area contributed by atoms with Gasteiger partial charge < -0.3 is 4.42 Å². The van der Waals surface area contributed by atoms with Crippen LogP contribution in [-0.2, 0) is 0 Å². The molecule has 0 spiro atoms. The van der Waals surface area contributed by atoms with Crippen molar-refractivity contribution in [2.24, 2.45) is 0 Å². The van der Waals surface area contributed by atoms with Crippen LogP contribution in [0.4, 0.5) is 0 Å². The number of hydrogen-bond donors (Lipinski definition) is 0. The second-order valence-electron chi connectivity index (χ2n) is 13.4. The molecule has 0 radical (unpaired) electrons. The molecule has 9 aromatic rings. The van der Waals surface area contributed by atoms with E-state index in [0.717, 1.165) is 73.4 Å². The van der Waals surface area contributed by atoms with Crippen molar-refractivity contribution in [3.8, 4) is 56.4 Å². The van der Waals surface area contributed by atoms with E-state index in [1.165, 1.54) is 22.3 Å². The molecule has 1 aliphatic rings. The van der Waals surface area contributed by atoms with E-state index < -0.39 is 0 Å². The van der Waals surface area contributed by atoms with Gasteiger partial charge in [-0.15, -0.1) is 0 Å². The van der Waals surface area contributed by atoms with Crippen molar-refractivity contribution in [3.05, 3.63) is 182 Å². The van der Waals surface area contributed by atoms with E-state index in [4.69, 9.17) is 19.4 Å². The van der Waals surface area contributed by atoms with Crippen LogP contribution in [0.5, 0.6) is 0 Å². The average Bonchev–Trinajstić information content (AvgIpc) is 3.64. The maximum atomic E-state index is 6.70. The molecular formula is C49H33N3O. The molecule has 7 aromatic carbocycles. The predicted molar refractivity (Wildman–Crippen MR) is 218 cm³/mol. The number of aromatic nitrogens is 3. The van der Waals surface area contributed by atoms with E-state index in [2.05, 4.69) is 140 Å².